The summed E-state index contributed by atoms with van der Waals surface area (Å²) in [6.07, 6.45) is 12.9. The predicted molar refractivity (Wildman–Crippen MR) is 105 cm³/mol. The summed E-state index contributed by atoms with van der Waals surface area (Å²) in [7, 11) is 0. The summed E-state index contributed by atoms with van der Waals surface area (Å²) in [5.41, 5.74) is 7.28. The average Bonchev–Trinajstić information content (AvgIpc) is 3.58. The first kappa shape index (κ1) is 16.4. The molecule has 0 N–H and O–H groups in total. The van der Waals surface area contributed by atoms with E-state index in [2.05, 4.69) is 22.1 Å². The van der Waals surface area contributed by atoms with E-state index < -0.39 is 0 Å². The summed E-state index contributed by atoms with van der Waals surface area (Å²) >= 11 is 0. The Morgan fingerprint density at radius 3 is 2.81 bits per heavy atom. The maximum absolute atomic E-state index is 6.02. The van der Waals surface area contributed by atoms with Crippen molar-refractivity contribution in [1.29, 1.82) is 0 Å². The van der Waals surface area contributed by atoms with E-state index in [1.165, 1.54) is 53.6 Å². The van der Waals surface area contributed by atoms with Gasteiger partial charge in [0, 0.05) is 35.9 Å². The van der Waals surface area contributed by atoms with Gasteiger partial charge in [-0.2, -0.15) is 0 Å². The van der Waals surface area contributed by atoms with Crippen LogP contribution in [0.15, 0.2) is 48.9 Å². The van der Waals surface area contributed by atoms with Crippen LogP contribution in [0.4, 0.5) is 0 Å². The molecular formula is C23H23N3O. The molecule has 2 aliphatic rings. The van der Waals surface area contributed by atoms with Crippen LogP contribution in [0.1, 0.15) is 54.1 Å². The van der Waals surface area contributed by atoms with Gasteiger partial charge in [-0.05, 0) is 79.3 Å². The van der Waals surface area contributed by atoms with Gasteiger partial charge in [0.25, 0.3) is 0 Å². The Morgan fingerprint density at radius 2 is 1.96 bits per heavy atom. The fourth-order valence-corrected chi connectivity index (χ4v) is 3.89. The maximum Gasteiger partial charge on any atom is 0.214 e. The van der Waals surface area contributed by atoms with Gasteiger partial charge in [0.1, 0.15) is 6.61 Å². The Bertz CT molecular complexity index is 951. The lowest BCUT2D eigenvalue weighted by Gasteiger charge is -2.20. The highest BCUT2D eigenvalue weighted by Gasteiger charge is 2.25. The number of nitrogens with zero attached hydrogens (tertiary/aromatic N) is 3. The summed E-state index contributed by atoms with van der Waals surface area (Å²) in [5.74, 6) is 1.39. The third kappa shape index (κ3) is 3.57. The molecule has 0 aromatic carbocycles. The number of fused-ring (bicyclic) bond motifs is 1. The number of aromatic nitrogens is 3. The van der Waals surface area contributed by atoms with Crippen LogP contribution < -0.4 is 4.74 Å². The first-order valence-electron chi connectivity index (χ1n) is 9.87. The van der Waals surface area contributed by atoms with E-state index in [1.54, 1.807) is 6.20 Å². The van der Waals surface area contributed by atoms with Gasteiger partial charge in [0.05, 0.1) is 5.69 Å². The topological polar surface area (TPSA) is 47.9 Å². The summed E-state index contributed by atoms with van der Waals surface area (Å²) in [4.78, 5) is 13.7. The zero-order chi connectivity index (χ0) is 18.1. The molecule has 4 nitrogen and oxygen atoms in total. The molecule has 1 fully saturated rings. The second kappa shape index (κ2) is 7.10. The summed E-state index contributed by atoms with van der Waals surface area (Å²) < 4.78 is 6.02. The van der Waals surface area contributed by atoms with E-state index >= 15 is 0 Å². The highest BCUT2D eigenvalue weighted by molar-refractivity contribution is 5.69. The zero-order valence-corrected chi connectivity index (χ0v) is 15.4. The van der Waals surface area contributed by atoms with Gasteiger partial charge in [-0.25, -0.2) is 4.98 Å². The molecule has 0 aliphatic heterocycles. The van der Waals surface area contributed by atoms with Crippen LogP contribution in [0.3, 0.4) is 0 Å². The zero-order valence-electron chi connectivity index (χ0n) is 15.4. The summed E-state index contributed by atoms with van der Waals surface area (Å²) in [6.45, 7) is 0.437. The van der Waals surface area contributed by atoms with Crippen LogP contribution in [0.25, 0.3) is 11.1 Å². The van der Waals surface area contributed by atoms with Gasteiger partial charge in [0.2, 0.25) is 5.88 Å². The molecule has 0 spiro atoms. The van der Waals surface area contributed by atoms with Gasteiger partial charge in [0.15, 0.2) is 0 Å². The highest BCUT2D eigenvalue weighted by atomic mass is 16.5. The van der Waals surface area contributed by atoms with E-state index in [1.807, 2.05) is 30.6 Å². The standard InChI is InChI=1S/C23H23N3O/c1-2-7-22-20(6-1)21(18-11-17(13-24-14-18)16-8-9-16)12-23(26-22)27-15-19-5-3-4-10-25-19/h3-5,10-14,16H,1-2,6-9,15H2. The molecular weight excluding hydrogens is 334 g/mol. The number of rotatable bonds is 5. The van der Waals surface area contributed by atoms with Crippen molar-refractivity contribution in [3.63, 3.8) is 0 Å². The molecule has 4 heteroatoms. The normalized spacial score (nSPS) is 16.0. The van der Waals surface area contributed by atoms with Crippen molar-refractivity contribution in [2.75, 3.05) is 0 Å². The third-order valence-corrected chi connectivity index (χ3v) is 5.49. The summed E-state index contributed by atoms with van der Waals surface area (Å²) in [6, 6.07) is 10.3. The van der Waals surface area contributed by atoms with Crippen LogP contribution in [0.2, 0.25) is 0 Å². The Labute approximate surface area is 159 Å². The second-order valence-electron chi connectivity index (χ2n) is 7.53. The summed E-state index contributed by atoms with van der Waals surface area (Å²) in [5, 5.41) is 0. The molecule has 2 aliphatic carbocycles. The van der Waals surface area contributed by atoms with Gasteiger partial charge in [-0.15, -0.1) is 0 Å². The van der Waals surface area contributed by atoms with E-state index in [0.717, 1.165) is 18.5 Å². The van der Waals surface area contributed by atoms with Crippen LogP contribution >= 0.6 is 0 Å². The predicted octanol–water partition coefficient (Wildman–Crippen LogP) is 4.87. The monoisotopic (exact) mass is 357 g/mol. The van der Waals surface area contributed by atoms with E-state index in [-0.39, 0.29) is 0 Å². The van der Waals surface area contributed by atoms with Crippen LogP contribution in [0, 0.1) is 0 Å². The average molecular weight is 357 g/mol. The largest absolute Gasteiger partial charge is 0.471 e. The van der Waals surface area contributed by atoms with E-state index in [0.29, 0.717) is 18.4 Å². The molecule has 0 atom stereocenters. The van der Waals surface area contributed by atoms with Crippen molar-refractivity contribution in [3.05, 3.63) is 71.4 Å². The van der Waals surface area contributed by atoms with Crippen molar-refractivity contribution >= 4 is 0 Å². The quantitative estimate of drug-likeness (QED) is 0.653. The molecule has 3 aromatic rings. The van der Waals surface area contributed by atoms with E-state index in [4.69, 9.17) is 9.72 Å². The van der Waals surface area contributed by atoms with Crippen molar-refractivity contribution in [2.45, 2.75) is 51.0 Å². The Hall–Kier alpha value is -2.75. The van der Waals surface area contributed by atoms with Gasteiger partial charge >= 0.3 is 0 Å². The van der Waals surface area contributed by atoms with Crippen LogP contribution in [-0.2, 0) is 19.4 Å². The lowest BCUT2D eigenvalue weighted by Crippen LogP contribution is -2.09. The number of aryl methyl sites for hydroxylation is 1. The molecule has 0 amide bonds. The second-order valence-corrected chi connectivity index (χ2v) is 7.53. The molecule has 0 bridgehead atoms. The lowest BCUT2D eigenvalue weighted by molar-refractivity contribution is 0.288. The Kier molecular flexibility index (Phi) is 4.32. The Morgan fingerprint density at radius 1 is 1.04 bits per heavy atom. The van der Waals surface area contributed by atoms with Crippen molar-refractivity contribution in [1.82, 2.24) is 15.0 Å². The molecule has 0 saturated heterocycles. The molecule has 5 rings (SSSR count). The molecule has 0 unspecified atom stereocenters. The fourth-order valence-electron chi connectivity index (χ4n) is 3.89. The molecule has 3 aromatic heterocycles. The van der Waals surface area contributed by atoms with Crippen molar-refractivity contribution in [2.24, 2.45) is 0 Å². The molecule has 27 heavy (non-hydrogen) atoms. The van der Waals surface area contributed by atoms with Gasteiger partial charge in [-0.3, -0.25) is 9.97 Å². The molecule has 0 radical (unpaired) electrons. The number of hydrogen-bond acceptors (Lipinski definition) is 4. The smallest absolute Gasteiger partial charge is 0.214 e. The fraction of sp³-hybridized carbons (Fsp3) is 0.348. The van der Waals surface area contributed by atoms with Gasteiger partial charge < -0.3 is 4.74 Å². The number of pyridine rings is 3. The SMILES string of the molecule is c1ccc(COc2cc(-c3cncc(C4CC4)c3)c3c(n2)CCCC3)nc1. The molecule has 136 valence electrons. The first-order valence-corrected chi connectivity index (χ1v) is 9.87. The number of hydrogen-bond donors (Lipinski definition) is 0. The Balaban J connectivity index is 1.50. The first-order chi connectivity index (χ1) is 13.4. The lowest BCUT2D eigenvalue weighted by atomic mass is 9.89. The third-order valence-electron chi connectivity index (χ3n) is 5.49. The van der Waals surface area contributed by atoms with Crippen molar-refractivity contribution < 1.29 is 4.74 Å². The minimum Gasteiger partial charge on any atom is -0.471 e. The van der Waals surface area contributed by atoms with E-state index in [9.17, 15) is 0 Å². The van der Waals surface area contributed by atoms with Crippen LogP contribution in [-0.4, -0.2) is 15.0 Å². The molecule has 3 heterocycles. The number of ether oxygens (including phenoxy) is 1. The minimum absolute atomic E-state index is 0.437. The van der Waals surface area contributed by atoms with Crippen molar-refractivity contribution in [3.8, 4) is 17.0 Å². The highest BCUT2D eigenvalue weighted by Crippen LogP contribution is 2.41. The van der Waals surface area contributed by atoms with Gasteiger partial charge in [-0.1, -0.05) is 6.07 Å². The maximum atomic E-state index is 6.02. The van der Waals surface area contributed by atoms with Crippen LogP contribution in [0.5, 0.6) is 5.88 Å². The molecule has 1 saturated carbocycles. The minimum atomic E-state index is 0.437.